The van der Waals surface area contributed by atoms with Crippen LogP contribution in [0.2, 0.25) is 0 Å². The van der Waals surface area contributed by atoms with Crippen LogP contribution in [-0.2, 0) is 11.2 Å². The highest BCUT2D eigenvalue weighted by Crippen LogP contribution is 2.18. The van der Waals surface area contributed by atoms with Gasteiger partial charge in [-0.3, -0.25) is 4.79 Å². The fraction of sp³-hybridized carbons (Fsp3) is 0.462. The van der Waals surface area contributed by atoms with Crippen LogP contribution >= 0.6 is 0 Å². The lowest BCUT2D eigenvalue weighted by molar-refractivity contribution is -0.143. The second-order valence-electron chi connectivity index (χ2n) is 4.23. The molecule has 0 aliphatic carbocycles. The molecule has 0 bridgehead atoms. The third kappa shape index (κ3) is 3.35. The summed E-state index contributed by atoms with van der Waals surface area (Å²) in [6.07, 6.45) is 2.72. The van der Waals surface area contributed by atoms with E-state index >= 15 is 0 Å². The Hall–Kier alpha value is -1.35. The van der Waals surface area contributed by atoms with Crippen molar-refractivity contribution in [2.24, 2.45) is 5.73 Å². The Morgan fingerprint density at radius 3 is 2.50 bits per heavy atom. The molecular formula is C13H19NO2. The average Bonchev–Trinajstić information content (AvgIpc) is 2.27. The molecule has 0 amide bonds. The van der Waals surface area contributed by atoms with Crippen LogP contribution in [0.15, 0.2) is 30.3 Å². The van der Waals surface area contributed by atoms with Crippen LogP contribution in [0, 0.1) is 0 Å². The molecule has 1 atom stereocenters. The molecule has 0 unspecified atom stereocenters. The van der Waals surface area contributed by atoms with Gasteiger partial charge in [0.1, 0.15) is 5.54 Å². The number of rotatable bonds is 6. The highest BCUT2D eigenvalue weighted by molar-refractivity contribution is 5.78. The van der Waals surface area contributed by atoms with Gasteiger partial charge in [0.25, 0.3) is 0 Å². The first-order chi connectivity index (χ1) is 7.58. The van der Waals surface area contributed by atoms with Crippen LogP contribution in [0.1, 0.15) is 31.7 Å². The largest absolute Gasteiger partial charge is 0.480 e. The molecule has 0 aliphatic heterocycles. The van der Waals surface area contributed by atoms with E-state index in [9.17, 15) is 9.90 Å². The summed E-state index contributed by atoms with van der Waals surface area (Å²) in [5, 5.41) is 9.20. The zero-order chi connectivity index (χ0) is 12.0. The predicted molar refractivity (Wildman–Crippen MR) is 64.2 cm³/mol. The fourth-order valence-electron chi connectivity index (χ4n) is 1.72. The molecule has 0 spiro atoms. The van der Waals surface area contributed by atoms with E-state index in [1.165, 1.54) is 0 Å². The normalized spacial score (nSPS) is 14.4. The molecule has 1 aromatic carbocycles. The lowest BCUT2D eigenvalue weighted by Gasteiger charge is -2.24. The Kier molecular flexibility index (Phi) is 4.50. The van der Waals surface area contributed by atoms with Gasteiger partial charge in [0.15, 0.2) is 0 Å². The summed E-state index contributed by atoms with van der Waals surface area (Å²) in [7, 11) is 0. The molecule has 0 aliphatic rings. The SMILES string of the molecule is CCCC[C@](N)(Cc1ccccc1)C(=O)O. The number of benzene rings is 1. The first kappa shape index (κ1) is 12.7. The summed E-state index contributed by atoms with van der Waals surface area (Å²) < 4.78 is 0. The topological polar surface area (TPSA) is 63.3 Å². The van der Waals surface area contributed by atoms with E-state index < -0.39 is 11.5 Å². The molecule has 0 radical (unpaired) electrons. The zero-order valence-corrected chi connectivity index (χ0v) is 9.65. The quantitative estimate of drug-likeness (QED) is 0.774. The third-order valence-electron chi connectivity index (χ3n) is 2.76. The van der Waals surface area contributed by atoms with E-state index in [2.05, 4.69) is 0 Å². The zero-order valence-electron chi connectivity index (χ0n) is 9.65. The number of unbranched alkanes of at least 4 members (excludes halogenated alkanes) is 1. The number of hydrogen-bond acceptors (Lipinski definition) is 2. The van der Waals surface area contributed by atoms with Gasteiger partial charge in [-0.15, -0.1) is 0 Å². The van der Waals surface area contributed by atoms with Crippen molar-refractivity contribution in [2.75, 3.05) is 0 Å². The lowest BCUT2D eigenvalue weighted by atomic mass is 9.87. The summed E-state index contributed by atoms with van der Waals surface area (Å²) in [6.45, 7) is 2.03. The lowest BCUT2D eigenvalue weighted by Crippen LogP contribution is -2.49. The maximum Gasteiger partial charge on any atom is 0.324 e. The Labute approximate surface area is 96.3 Å². The minimum atomic E-state index is -1.13. The number of nitrogens with two attached hydrogens (primary N) is 1. The van der Waals surface area contributed by atoms with Gasteiger partial charge in [0, 0.05) is 6.42 Å². The summed E-state index contributed by atoms with van der Waals surface area (Å²) in [5.74, 6) is -0.912. The van der Waals surface area contributed by atoms with Crippen molar-refractivity contribution in [3.63, 3.8) is 0 Å². The van der Waals surface area contributed by atoms with Crippen LogP contribution < -0.4 is 5.73 Å². The van der Waals surface area contributed by atoms with Crippen molar-refractivity contribution >= 4 is 5.97 Å². The Balaban J connectivity index is 2.75. The number of aliphatic carboxylic acids is 1. The van der Waals surface area contributed by atoms with Crippen molar-refractivity contribution in [3.8, 4) is 0 Å². The van der Waals surface area contributed by atoms with Gasteiger partial charge >= 0.3 is 5.97 Å². The minimum absolute atomic E-state index is 0.392. The van der Waals surface area contributed by atoms with E-state index in [0.717, 1.165) is 18.4 Å². The van der Waals surface area contributed by atoms with Crippen LogP contribution in [0.4, 0.5) is 0 Å². The van der Waals surface area contributed by atoms with Crippen LogP contribution in [0.25, 0.3) is 0 Å². The van der Waals surface area contributed by atoms with Gasteiger partial charge in [-0.05, 0) is 12.0 Å². The summed E-state index contributed by atoms with van der Waals surface area (Å²) in [6, 6.07) is 9.54. The molecule has 0 aromatic heterocycles. The maximum absolute atomic E-state index is 11.2. The monoisotopic (exact) mass is 221 g/mol. The molecule has 0 saturated carbocycles. The highest BCUT2D eigenvalue weighted by Gasteiger charge is 2.33. The molecule has 3 N–H and O–H groups in total. The van der Waals surface area contributed by atoms with Crippen LogP contribution in [0.3, 0.4) is 0 Å². The number of hydrogen-bond donors (Lipinski definition) is 2. The Bertz CT molecular complexity index is 337. The highest BCUT2D eigenvalue weighted by atomic mass is 16.4. The summed E-state index contributed by atoms with van der Waals surface area (Å²) in [5.41, 5.74) is 5.81. The van der Waals surface area contributed by atoms with Crippen LogP contribution in [0.5, 0.6) is 0 Å². The molecule has 3 nitrogen and oxygen atoms in total. The van der Waals surface area contributed by atoms with Crippen molar-refractivity contribution in [3.05, 3.63) is 35.9 Å². The number of carbonyl (C=O) groups is 1. The van der Waals surface area contributed by atoms with Crippen molar-refractivity contribution in [2.45, 2.75) is 38.1 Å². The molecule has 0 heterocycles. The van der Waals surface area contributed by atoms with E-state index in [-0.39, 0.29) is 0 Å². The molecule has 1 rings (SSSR count). The second kappa shape index (κ2) is 5.66. The maximum atomic E-state index is 11.2. The minimum Gasteiger partial charge on any atom is -0.480 e. The molecule has 0 saturated heterocycles. The van der Waals surface area contributed by atoms with Crippen molar-refractivity contribution < 1.29 is 9.90 Å². The average molecular weight is 221 g/mol. The van der Waals surface area contributed by atoms with Gasteiger partial charge in [-0.2, -0.15) is 0 Å². The Morgan fingerprint density at radius 1 is 1.38 bits per heavy atom. The molecule has 0 fully saturated rings. The molecular weight excluding hydrogens is 202 g/mol. The van der Waals surface area contributed by atoms with Crippen molar-refractivity contribution in [1.82, 2.24) is 0 Å². The van der Waals surface area contributed by atoms with E-state index in [1.807, 2.05) is 37.3 Å². The van der Waals surface area contributed by atoms with E-state index in [4.69, 9.17) is 5.73 Å². The third-order valence-corrected chi connectivity index (χ3v) is 2.76. The van der Waals surface area contributed by atoms with E-state index in [1.54, 1.807) is 0 Å². The van der Waals surface area contributed by atoms with Gasteiger partial charge in [0.2, 0.25) is 0 Å². The molecule has 1 aromatic rings. The molecule has 3 heteroatoms. The standard InChI is InChI=1S/C13H19NO2/c1-2-3-9-13(14,12(15)16)10-11-7-5-4-6-8-11/h4-8H,2-3,9-10,14H2,1H3,(H,15,16)/t13-/m0/s1. The van der Waals surface area contributed by atoms with Crippen molar-refractivity contribution in [1.29, 1.82) is 0 Å². The Morgan fingerprint density at radius 2 is 2.00 bits per heavy atom. The predicted octanol–water partition coefficient (Wildman–Crippen LogP) is 2.20. The fourth-order valence-corrected chi connectivity index (χ4v) is 1.72. The second-order valence-corrected chi connectivity index (χ2v) is 4.23. The summed E-state index contributed by atoms with van der Waals surface area (Å²) in [4.78, 5) is 11.2. The summed E-state index contributed by atoms with van der Waals surface area (Å²) >= 11 is 0. The van der Waals surface area contributed by atoms with Gasteiger partial charge in [-0.1, -0.05) is 50.1 Å². The molecule has 88 valence electrons. The van der Waals surface area contributed by atoms with E-state index in [0.29, 0.717) is 12.8 Å². The first-order valence-electron chi connectivity index (χ1n) is 5.64. The number of carboxylic acids is 1. The molecule has 16 heavy (non-hydrogen) atoms. The van der Waals surface area contributed by atoms with Gasteiger partial charge in [0.05, 0.1) is 0 Å². The van der Waals surface area contributed by atoms with Crippen LogP contribution in [-0.4, -0.2) is 16.6 Å². The number of carboxylic acid groups (broad SMARTS) is 1. The smallest absolute Gasteiger partial charge is 0.324 e. The van der Waals surface area contributed by atoms with Gasteiger partial charge in [-0.25, -0.2) is 0 Å². The van der Waals surface area contributed by atoms with Gasteiger partial charge < -0.3 is 10.8 Å². The first-order valence-corrected chi connectivity index (χ1v) is 5.64.